The van der Waals surface area contributed by atoms with Crippen LogP contribution < -0.4 is 10.6 Å². The second-order valence-electron chi connectivity index (χ2n) is 8.90. The molecule has 2 aromatic carbocycles. The SMILES string of the molecule is O=C1Nc2ccc(-c3cccc(C(F)(F)F)c3)cc2C(=O)N2CCN(C(=O)[C@H]3CCC[NH2+]3)C[C@@H]12. The number of nitrogens with zero attached hydrogens (tertiary/aromatic N) is 2. The number of alkyl halides is 3. The Morgan fingerprint density at radius 3 is 2.59 bits per heavy atom. The van der Waals surface area contributed by atoms with Crippen LogP contribution in [-0.2, 0) is 15.8 Å². The number of fused-ring (bicyclic) bond motifs is 2. The molecule has 0 radical (unpaired) electrons. The zero-order valence-corrected chi connectivity index (χ0v) is 18.3. The first-order valence-electron chi connectivity index (χ1n) is 11.3. The van der Waals surface area contributed by atoms with Crippen molar-refractivity contribution >= 4 is 23.4 Å². The third-order valence-corrected chi connectivity index (χ3v) is 6.77. The van der Waals surface area contributed by atoms with Crippen molar-refractivity contribution in [2.75, 3.05) is 31.5 Å². The molecule has 3 N–H and O–H groups in total. The summed E-state index contributed by atoms with van der Waals surface area (Å²) in [6, 6.07) is 8.57. The lowest BCUT2D eigenvalue weighted by molar-refractivity contribution is -0.658. The maximum atomic E-state index is 13.4. The summed E-state index contributed by atoms with van der Waals surface area (Å²) >= 11 is 0. The normalized spacial score (nSPS) is 22.7. The summed E-state index contributed by atoms with van der Waals surface area (Å²) in [6.07, 6.45) is -2.70. The molecule has 178 valence electrons. The van der Waals surface area contributed by atoms with E-state index in [-0.39, 0.29) is 42.4 Å². The number of quaternary nitrogens is 1. The molecule has 0 saturated carbocycles. The number of carbonyl (C=O) groups is 3. The molecule has 3 amide bonds. The van der Waals surface area contributed by atoms with Gasteiger partial charge in [0.15, 0.2) is 6.04 Å². The van der Waals surface area contributed by atoms with E-state index in [0.29, 0.717) is 23.4 Å². The van der Waals surface area contributed by atoms with Crippen LogP contribution in [-0.4, -0.2) is 65.8 Å². The third kappa shape index (κ3) is 4.02. The summed E-state index contributed by atoms with van der Waals surface area (Å²) in [6.45, 7) is 1.57. The molecule has 2 fully saturated rings. The van der Waals surface area contributed by atoms with Crippen LogP contribution >= 0.6 is 0 Å². The molecule has 0 aliphatic carbocycles. The molecular formula is C24H24F3N4O3+. The maximum Gasteiger partial charge on any atom is 0.416 e. The van der Waals surface area contributed by atoms with Crippen LogP contribution in [0.1, 0.15) is 28.8 Å². The van der Waals surface area contributed by atoms with Gasteiger partial charge in [-0.2, -0.15) is 13.2 Å². The number of nitrogens with two attached hydrogens (primary N) is 1. The van der Waals surface area contributed by atoms with Crippen molar-refractivity contribution in [3.63, 3.8) is 0 Å². The molecule has 2 atom stereocenters. The van der Waals surface area contributed by atoms with Crippen LogP contribution in [0.25, 0.3) is 11.1 Å². The minimum absolute atomic E-state index is 0.00834. The summed E-state index contributed by atoms with van der Waals surface area (Å²) < 4.78 is 39.5. The maximum absolute atomic E-state index is 13.4. The molecule has 3 heterocycles. The fraction of sp³-hybridized carbons (Fsp3) is 0.375. The van der Waals surface area contributed by atoms with Crippen molar-refractivity contribution in [2.45, 2.75) is 31.1 Å². The topological polar surface area (TPSA) is 86.3 Å². The highest BCUT2D eigenvalue weighted by atomic mass is 19.4. The van der Waals surface area contributed by atoms with Gasteiger partial charge >= 0.3 is 6.18 Å². The first-order valence-corrected chi connectivity index (χ1v) is 11.3. The van der Waals surface area contributed by atoms with Crippen LogP contribution in [0.15, 0.2) is 42.5 Å². The summed E-state index contributed by atoms with van der Waals surface area (Å²) in [5.41, 5.74) is 0.508. The van der Waals surface area contributed by atoms with Crippen molar-refractivity contribution in [1.82, 2.24) is 9.80 Å². The van der Waals surface area contributed by atoms with Gasteiger partial charge in [0.1, 0.15) is 6.04 Å². The number of piperazine rings is 1. The average molecular weight is 473 g/mol. The van der Waals surface area contributed by atoms with Gasteiger partial charge in [-0.3, -0.25) is 14.4 Å². The summed E-state index contributed by atoms with van der Waals surface area (Å²) in [7, 11) is 0. The molecule has 0 aromatic heterocycles. The zero-order valence-electron chi connectivity index (χ0n) is 18.3. The molecule has 34 heavy (non-hydrogen) atoms. The largest absolute Gasteiger partial charge is 0.416 e. The van der Waals surface area contributed by atoms with Crippen molar-refractivity contribution in [1.29, 1.82) is 0 Å². The Morgan fingerprint density at radius 1 is 1.06 bits per heavy atom. The first kappa shape index (κ1) is 22.4. The Labute approximate surface area is 193 Å². The van der Waals surface area contributed by atoms with Gasteiger partial charge in [0.05, 0.1) is 29.9 Å². The van der Waals surface area contributed by atoms with Gasteiger partial charge in [-0.1, -0.05) is 18.2 Å². The Balaban J connectivity index is 1.42. The number of rotatable bonds is 2. The number of carbonyl (C=O) groups excluding carboxylic acids is 3. The number of amides is 3. The number of nitrogens with one attached hydrogen (secondary N) is 1. The Bertz CT molecular complexity index is 1160. The minimum atomic E-state index is -4.48. The average Bonchev–Trinajstić information content (AvgIpc) is 3.34. The number of hydrogen-bond acceptors (Lipinski definition) is 3. The van der Waals surface area contributed by atoms with Crippen LogP contribution in [0.5, 0.6) is 0 Å². The van der Waals surface area contributed by atoms with Gasteiger partial charge in [0.25, 0.3) is 11.8 Å². The zero-order chi connectivity index (χ0) is 24.0. The Kier molecular flexibility index (Phi) is 5.55. The lowest BCUT2D eigenvalue weighted by Crippen LogP contribution is -2.89. The van der Waals surface area contributed by atoms with Gasteiger partial charge in [0, 0.05) is 25.9 Å². The highest BCUT2D eigenvalue weighted by Gasteiger charge is 2.42. The predicted octanol–water partition coefficient (Wildman–Crippen LogP) is 1.70. The summed E-state index contributed by atoms with van der Waals surface area (Å²) in [5.74, 6) is -0.774. The van der Waals surface area contributed by atoms with Crippen molar-refractivity contribution in [3.05, 3.63) is 53.6 Å². The number of benzene rings is 2. The van der Waals surface area contributed by atoms with Gasteiger partial charge < -0.3 is 20.4 Å². The molecular weight excluding hydrogens is 449 g/mol. The van der Waals surface area contributed by atoms with Crippen molar-refractivity contribution in [2.24, 2.45) is 0 Å². The van der Waals surface area contributed by atoms with E-state index in [1.807, 2.05) is 5.32 Å². The number of halogens is 3. The van der Waals surface area contributed by atoms with Crippen molar-refractivity contribution < 1.29 is 32.9 Å². The highest BCUT2D eigenvalue weighted by Crippen LogP contribution is 2.34. The Morgan fingerprint density at radius 2 is 1.85 bits per heavy atom. The standard InChI is InChI=1S/C24H23F3N4O3/c25-24(26,27)16-4-1-3-14(11-16)15-6-7-18-17(12-15)22(33)31-10-9-30(13-20(31)21(32)29-18)23(34)19-5-2-8-28-19/h1,3-4,6-7,11-12,19-20,28H,2,5,8-10,13H2,(H,29,32)/p+1/t19-,20+/m1/s1. The molecule has 0 unspecified atom stereocenters. The minimum Gasteiger partial charge on any atom is -0.336 e. The van der Waals surface area contributed by atoms with Crippen LogP contribution in [0, 0.1) is 0 Å². The predicted molar refractivity (Wildman–Crippen MR) is 117 cm³/mol. The molecule has 0 spiro atoms. The van der Waals surface area contributed by atoms with Gasteiger partial charge in [-0.25, -0.2) is 0 Å². The van der Waals surface area contributed by atoms with Crippen LogP contribution in [0.2, 0.25) is 0 Å². The Hall–Kier alpha value is -3.40. The number of hydrogen-bond donors (Lipinski definition) is 2. The lowest BCUT2D eigenvalue weighted by Gasteiger charge is -2.39. The van der Waals surface area contributed by atoms with Gasteiger partial charge in [0.2, 0.25) is 5.91 Å². The molecule has 10 heteroatoms. The van der Waals surface area contributed by atoms with E-state index in [9.17, 15) is 27.6 Å². The summed E-state index contributed by atoms with van der Waals surface area (Å²) in [5, 5.41) is 4.78. The third-order valence-electron chi connectivity index (χ3n) is 6.77. The summed E-state index contributed by atoms with van der Waals surface area (Å²) in [4.78, 5) is 42.3. The number of anilines is 1. The van der Waals surface area contributed by atoms with Crippen LogP contribution in [0.4, 0.5) is 18.9 Å². The molecule has 5 rings (SSSR count). The lowest BCUT2D eigenvalue weighted by atomic mass is 9.99. The molecule has 7 nitrogen and oxygen atoms in total. The second-order valence-corrected chi connectivity index (χ2v) is 8.90. The highest BCUT2D eigenvalue weighted by molar-refractivity contribution is 6.10. The van der Waals surface area contributed by atoms with Gasteiger partial charge in [-0.15, -0.1) is 0 Å². The second kappa shape index (κ2) is 8.43. The molecule has 0 bridgehead atoms. The van der Waals surface area contributed by atoms with Gasteiger partial charge in [-0.05, 0) is 35.4 Å². The van der Waals surface area contributed by atoms with E-state index in [1.54, 1.807) is 17.0 Å². The molecule has 3 aliphatic rings. The van der Waals surface area contributed by atoms with E-state index in [4.69, 9.17) is 0 Å². The van der Waals surface area contributed by atoms with E-state index in [0.717, 1.165) is 31.5 Å². The fourth-order valence-electron chi connectivity index (χ4n) is 4.94. The van der Waals surface area contributed by atoms with E-state index in [2.05, 4.69) is 5.32 Å². The van der Waals surface area contributed by atoms with E-state index < -0.39 is 17.8 Å². The smallest absolute Gasteiger partial charge is 0.336 e. The quantitative estimate of drug-likeness (QED) is 0.697. The van der Waals surface area contributed by atoms with Crippen LogP contribution in [0.3, 0.4) is 0 Å². The van der Waals surface area contributed by atoms with E-state index >= 15 is 0 Å². The molecule has 2 aromatic rings. The van der Waals surface area contributed by atoms with Crippen molar-refractivity contribution in [3.8, 4) is 11.1 Å². The monoisotopic (exact) mass is 473 g/mol. The fourth-order valence-corrected chi connectivity index (χ4v) is 4.94. The first-order chi connectivity index (χ1) is 16.2. The van der Waals surface area contributed by atoms with E-state index in [1.165, 1.54) is 23.1 Å². The molecule has 2 saturated heterocycles. The molecule has 3 aliphatic heterocycles.